The third-order valence-electron chi connectivity index (χ3n) is 11.4. The second-order valence-electron chi connectivity index (χ2n) is 17.7. The van der Waals surface area contributed by atoms with E-state index < -0.39 is 6.10 Å². The lowest BCUT2D eigenvalue weighted by Gasteiger charge is -2.18. The van der Waals surface area contributed by atoms with Crippen LogP contribution in [0.2, 0.25) is 0 Å². The summed E-state index contributed by atoms with van der Waals surface area (Å²) in [6, 6.07) is 0. The van der Waals surface area contributed by atoms with Crippen molar-refractivity contribution in [3.05, 3.63) is 85.1 Å². The van der Waals surface area contributed by atoms with Crippen LogP contribution in [0, 0.1) is 0 Å². The molecule has 0 aromatic heterocycles. The minimum Gasteiger partial charge on any atom is -0.462 e. The van der Waals surface area contributed by atoms with Gasteiger partial charge in [-0.05, 0) is 103 Å². The summed E-state index contributed by atoms with van der Waals surface area (Å²) in [6.45, 7) is 6.43. The molecule has 372 valence electrons. The molecule has 0 fully saturated rings. The maximum absolute atomic E-state index is 12.8. The molecular formula is C59H100O6. The molecule has 1 atom stereocenters. The Hall–Kier alpha value is -3.41. The monoisotopic (exact) mass is 905 g/mol. The Morgan fingerprint density at radius 3 is 1.06 bits per heavy atom. The number of carbonyl (C=O) groups excluding carboxylic acids is 3. The van der Waals surface area contributed by atoms with E-state index in [1.54, 1.807) is 0 Å². The van der Waals surface area contributed by atoms with Gasteiger partial charge < -0.3 is 14.2 Å². The lowest BCUT2D eigenvalue weighted by molar-refractivity contribution is -0.166. The van der Waals surface area contributed by atoms with Gasteiger partial charge in [-0.2, -0.15) is 0 Å². The first-order chi connectivity index (χ1) is 32.0. The van der Waals surface area contributed by atoms with Crippen LogP contribution in [-0.4, -0.2) is 37.2 Å². The van der Waals surface area contributed by atoms with Gasteiger partial charge in [-0.25, -0.2) is 0 Å². The van der Waals surface area contributed by atoms with E-state index >= 15 is 0 Å². The number of hydrogen-bond donors (Lipinski definition) is 0. The molecule has 65 heavy (non-hydrogen) atoms. The zero-order chi connectivity index (χ0) is 47.2. The van der Waals surface area contributed by atoms with E-state index in [0.29, 0.717) is 19.3 Å². The second kappa shape index (κ2) is 53.2. The lowest BCUT2D eigenvalue weighted by atomic mass is 10.1. The summed E-state index contributed by atoms with van der Waals surface area (Å²) < 4.78 is 16.7. The van der Waals surface area contributed by atoms with Crippen LogP contribution in [0.3, 0.4) is 0 Å². The molecule has 0 amide bonds. The third kappa shape index (κ3) is 51.4. The fourth-order valence-corrected chi connectivity index (χ4v) is 7.30. The van der Waals surface area contributed by atoms with Crippen LogP contribution < -0.4 is 0 Å². The Morgan fingerprint density at radius 2 is 0.631 bits per heavy atom. The fraction of sp³-hybridized carbons (Fsp3) is 0.712. The third-order valence-corrected chi connectivity index (χ3v) is 11.4. The molecule has 0 radical (unpaired) electrons. The molecule has 1 unspecified atom stereocenters. The number of rotatable bonds is 48. The SMILES string of the molecule is CC/C=C\C/C=C\C/C=C\C/C=C\CCC(=O)OCC(COC(=O)CCCCCCCCC/C=C\CCCCCCCCC)OC(=O)CCCCCCC/C=C\C/C=C\CCCCCC. The molecule has 6 heteroatoms. The van der Waals surface area contributed by atoms with Crippen LogP contribution >= 0.6 is 0 Å². The molecular weight excluding hydrogens is 805 g/mol. The molecule has 0 rings (SSSR count). The Morgan fingerprint density at radius 1 is 0.323 bits per heavy atom. The van der Waals surface area contributed by atoms with Gasteiger partial charge in [-0.3, -0.25) is 14.4 Å². The molecule has 0 saturated carbocycles. The highest BCUT2D eigenvalue weighted by Crippen LogP contribution is 2.14. The van der Waals surface area contributed by atoms with Crippen molar-refractivity contribution in [2.45, 2.75) is 258 Å². The van der Waals surface area contributed by atoms with Crippen molar-refractivity contribution >= 4 is 17.9 Å². The zero-order valence-corrected chi connectivity index (χ0v) is 42.5. The number of allylic oxidation sites excluding steroid dienone is 14. The van der Waals surface area contributed by atoms with E-state index in [1.807, 2.05) is 12.2 Å². The molecule has 0 saturated heterocycles. The van der Waals surface area contributed by atoms with Gasteiger partial charge in [0.15, 0.2) is 6.10 Å². The molecule has 0 aromatic rings. The largest absolute Gasteiger partial charge is 0.462 e. The number of unbranched alkanes of at least 4 members (excludes halogenated alkanes) is 23. The van der Waals surface area contributed by atoms with Gasteiger partial charge in [-0.1, -0.05) is 215 Å². The lowest BCUT2D eigenvalue weighted by Crippen LogP contribution is -2.30. The van der Waals surface area contributed by atoms with Crippen molar-refractivity contribution in [1.29, 1.82) is 0 Å². The topological polar surface area (TPSA) is 78.9 Å². The van der Waals surface area contributed by atoms with E-state index in [-0.39, 0.29) is 37.5 Å². The van der Waals surface area contributed by atoms with Gasteiger partial charge in [0.2, 0.25) is 0 Å². The Labute approximate surface area is 401 Å². The predicted molar refractivity (Wildman–Crippen MR) is 279 cm³/mol. The van der Waals surface area contributed by atoms with E-state index in [9.17, 15) is 14.4 Å². The van der Waals surface area contributed by atoms with E-state index in [0.717, 1.165) is 89.9 Å². The molecule has 0 aliphatic rings. The average Bonchev–Trinajstić information content (AvgIpc) is 3.30. The Kier molecular flexibility index (Phi) is 50.4. The summed E-state index contributed by atoms with van der Waals surface area (Å²) in [5.74, 6) is -1.01. The minimum absolute atomic E-state index is 0.107. The van der Waals surface area contributed by atoms with Crippen molar-refractivity contribution in [3.8, 4) is 0 Å². The highest BCUT2D eigenvalue weighted by molar-refractivity contribution is 5.71. The van der Waals surface area contributed by atoms with Crippen LogP contribution in [0.25, 0.3) is 0 Å². The van der Waals surface area contributed by atoms with Crippen LogP contribution in [0.5, 0.6) is 0 Å². The fourth-order valence-electron chi connectivity index (χ4n) is 7.30. The van der Waals surface area contributed by atoms with Gasteiger partial charge in [0.05, 0.1) is 0 Å². The van der Waals surface area contributed by atoms with E-state index in [4.69, 9.17) is 14.2 Å². The summed E-state index contributed by atoms with van der Waals surface area (Å²) in [4.78, 5) is 38.0. The van der Waals surface area contributed by atoms with Crippen molar-refractivity contribution in [2.75, 3.05) is 13.2 Å². The van der Waals surface area contributed by atoms with Gasteiger partial charge in [0, 0.05) is 19.3 Å². The molecule has 0 N–H and O–H groups in total. The maximum atomic E-state index is 12.8. The molecule has 0 spiro atoms. The summed E-state index contributed by atoms with van der Waals surface area (Å²) in [5.41, 5.74) is 0. The van der Waals surface area contributed by atoms with Crippen LogP contribution in [0.1, 0.15) is 252 Å². The normalized spacial score (nSPS) is 12.7. The van der Waals surface area contributed by atoms with Crippen LogP contribution in [-0.2, 0) is 28.6 Å². The summed E-state index contributed by atoms with van der Waals surface area (Å²) in [6.07, 6.45) is 68.7. The number of hydrogen-bond acceptors (Lipinski definition) is 6. The summed E-state index contributed by atoms with van der Waals surface area (Å²) in [7, 11) is 0. The predicted octanol–water partition coefficient (Wildman–Crippen LogP) is 18.0. The summed E-state index contributed by atoms with van der Waals surface area (Å²) >= 11 is 0. The first-order valence-electron chi connectivity index (χ1n) is 27.1. The summed E-state index contributed by atoms with van der Waals surface area (Å²) in [5, 5.41) is 0. The highest BCUT2D eigenvalue weighted by Gasteiger charge is 2.19. The maximum Gasteiger partial charge on any atom is 0.306 e. The number of ether oxygens (including phenoxy) is 3. The molecule has 0 bridgehead atoms. The van der Waals surface area contributed by atoms with E-state index in [1.165, 1.54) is 116 Å². The standard InChI is InChI=1S/C59H100O6/c1-4-7-10-13-16-19-22-25-27-29-30-32-34-37-40-43-46-49-52-58(61)64-55-56(54-63-57(60)51-48-45-42-39-36-33-24-21-18-15-12-9-6-3)65-59(62)53-50-47-44-41-38-35-31-28-26-23-20-17-14-11-8-5-2/h9,12,18,20-21,23,27-29,31,33,36,42,45,56H,4-8,10-11,13-17,19,22,24-26,30,32,34-35,37-41,43-44,46-55H2,1-3H3/b12-9-,21-18-,23-20-,29-27-,31-28-,36-33-,45-42-. The highest BCUT2D eigenvalue weighted by atomic mass is 16.6. The molecule has 0 aliphatic carbocycles. The van der Waals surface area contributed by atoms with Gasteiger partial charge in [0.1, 0.15) is 13.2 Å². The average molecular weight is 905 g/mol. The van der Waals surface area contributed by atoms with E-state index in [2.05, 4.69) is 93.7 Å². The Bertz CT molecular complexity index is 1270. The van der Waals surface area contributed by atoms with Gasteiger partial charge in [-0.15, -0.1) is 0 Å². The van der Waals surface area contributed by atoms with Crippen LogP contribution in [0.4, 0.5) is 0 Å². The zero-order valence-electron chi connectivity index (χ0n) is 42.5. The van der Waals surface area contributed by atoms with Crippen molar-refractivity contribution < 1.29 is 28.6 Å². The molecule has 0 aliphatic heterocycles. The Balaban J connectivity index is 4.47. The number of carbonyl (C=O) groups is 3. The first kappa shape index (κ1) is 61.6. The van der Waals surface area contributed by atoms with Gasteiger partial charge >= 0.3 is 17.9 Å². The number of esters is 3. The first-order valence-corrected chi connectivity index (χ1v) is 27.1. The smallest absolute Gasteiger partial charge is 0.306 e. The van der Waals surface area contributed by atoms with Crippen molar-refractivity contribution in [1.82, 2.24) is 0 Å². The molecule has 0 heterocycles. The molecule has 6 nitrogen and oxygen atoms in total. The second-order valence-corrected chi connectivity index (χ2v) is 17.7. The van der Waals surface area contributed by atoms with Crippen molar-refractivity contribution in [2.24, 2.45) is 0 Å². The van der Waals surface area contributed by atoms with Crippen LogP contribution in [0.15, 0.2) is 85.1 Å². The van der Waals surface area contributed by atoms with Crippen molar-refractivity contribution in [3.63, 3.8) is 0 Å². The minimum atomic E-state index is -0.814. The molecule has 0 aromatic carbocycles. The van der Waals surface area contributed by atoms with Gasteiger partial charge in [0.25, 0.3) is 0 Å². The quantitative estimate of drug-likeness (QED) is 0.0262.